The maximum absolute atomic E-state index is 8.06. The summed E-state index contributed by atoms with van der Waals surface area (Å²) in [6.07, 6.45) is 14.4. The summed E-state index contributed by atoms with van der Waals surface area (Å²) >= 11 is 0. The first-order valence-electron chi connectivity index (χ1n) is 13.8. The molecular weight excluding hydrogens is 508 g/mol. The predicted octanol–water partition coefficient (Wildman–Crippen LogP) is 1.41. The van der Waals surface area contributed by atoms with Gasteiger partial charge < -0.3 is 46.6 Å². The molecule has 0 aromatic heterocycles. The lowest BCUT2D eigenvalue weighted by Crippen LogP contribution is -2.44. The molecule has 2 unspecified atom stereocenters. The van der Waals surface area contributed by atoms with Crippen LogP contribution in [-0.2, 0) is 14.2 Å². The van der Waals surface area contributed by atoms with Crippen LogP contribution in [0.25, 0.3) is 0 Å². The third-order valence-electron chi connectivity index (χ3n) is 6.95. The van der Waals surface area contributed by atoms with Crippen molar-refractivity contribution in [2.45, 2.75) is 26.0 Å². The van der Waals surface area contributed by atoms with E-state index >= 15 is 0 Å². The first kappa shape index (κ1) is 31.2. The van der Waals surface area contributed by atoms with E-state index in [1.807, 2.05) is 31.5 Å². The summed E-state index contributed by atoms with van der Waals surface area (Å²) in [6.45, 7) is 9.90. The Balaban J connectivity index is 1.66. The minimum atomic E-state index is -0.107. The van der Waals surface area contributed by atoms with Gasteiger partial charge in [-0.15, -0.1) is 0 Å². The molecule has 0 spiro atoms. The van der Waals surface area contributed by atoms with Gasteiger partial charge in [-0.1, -0.05) is 13.8 Å². The van der Waals surface area contributed by atoms with Crippen LogP contribution in [0.3, 0.4) is 0 Å². The molecule has 0 bridgehead atoms. The molecule has 0 saturated carbocycles. The number of aliphatic imine (C=N–C) groups is 1. The van der Waals surface area contributed by atoms with Crippen molar-refractivity contribution in [2.75, 3.05) is 66.8 Å². The number of dihydropyridines is 1. The quantitative estimate of drug-likeness (QED) is 0.115. The molecule has 1 fully saturated rings. The highest BCUT2D eigenvalue weighted by molar-refractivity contribution is 5.98. The van der Waals surface area contributed by atoms with Gasteiger partial charge in [0, 0.05) is 70.1 Å². The normalized spacial score (nSPS) is 21.4. The van der Waals surface area contributed by atoms with Crippen molar-refractivity contribution in [3.63, 3.8) is 0 Å². The highest BCUT2D eigenvalue weighted by Crippen LogP contribution is 2.27. The number of methoxy groups -OCH3 is 1. The van der Waals surface area contributed by atoms with Crippen molar-refractivity contribution in [1.29, 1.82) is 5.41 Å². The summed E-state index contributed by atoms with van der Waals surface area (Å²) in [4.78, 5) is 9.10. The van der Waals surface area contributed by atoms with Gasteiger partial charge in [-0.25, -0.2) is 0 Å². The van der Waals surface area contributed by atoms with Crippen molar-refractivity contribution >= 4 is 12.4 Å². The zero-order valence-electron chi connectivity index (χ0n) is 24.2. The van der Waals surface area contributed by atoms with Crippen LogP contribution in [0.5, 0.6) is 0 Å². The molecule has 0 aromatic carbocycles. The van der Waals surface area contributed by atoms with Gasteiger partial charge in [-0.2, -0.15) is 0 Å². The Morgan fingerprint density at radius 2 is 2.05 bits per heavy atom. The van der Waals surface area contributed by atoms with E-state index in [2.05, 4.69) is 45.3 Å². The molecule has 1 saturated heterocycles. The Morgan fingerprint density at radius 1 is 1.27 bits per heavy atom. The molecule has 220 valence electrons. The van der Waals surface area contributed by atoms with Crippen LogP contribution < -0.4 is 22.1 Å². The number of hydrogen-bond acceptors (Lipinski definition) is 11. The van der Waals surface area contributed by atoms with Gasteiger partial charge in [0.1, 0.15) is 11.6 Å². The molecule has 3 rings (SSSR count). The topological polar surface area (TPSA) is 146 Å². The van der Waals surface area contributed by atoms with Crippen molar-refractivity contribution < 1.29 is 14.2 Å². The fourth-order valence-corrected chi connectivity index (χ4v) is 4.53. The molecule has 3 heterocycles. The standard InChI is InChI=1S/C29H46N8O3/c1-21(2)22(15-30)14-28(32)35-29-6-5-26-27(36(29)3)13-23(18-34-26)24(16-31)17-33-19-25(40-12-11-38-4)20-37-7-9-39-10-8-37/h5-6,13-18,21,25,27,31,33,35H,7-12,19-20,30,32H2,1-4H3/b22-15+,24-17+,28-14+,31-16?. The van der Waals surface area contributed by atoms with Crippen molar-refractivity contribution in [2.24, 2.45) is 22.4 Å². The predicted molar refractivity (Wildman–Crippen MR) is 161 cm³/mol. The first-order chi connectivity index (χ1) is 19.4. The number of ether oxygens (including phenoxy) is 3. The van der Waals surface area contributed by atoms with E-state index in [0.717, 1.165) is 61.1 Å². The second-order valence-corrected chi connectivity index (χ2v) is 10.2. The highest BCUT2D eigenvalue weighted by Gasteiger charge is 2.26. The van der Waals surface area contributed by atoms with Crippen LogP contribution in [0.15, 0.2) is 75.8 Å². The zero-order valence-corrected chi connectivity index (χ0v) is 24.2. The molecule has 11 heteroatoms. The maximum atomic E-state index is 8.06. The molecule has 3 aliphatic rings. The third-order valence-corrected chi connectivity index (χ3v) is 6.95. The second-order valence-electron chi connectivity index (χ2n) is 10.2. The number of allylic oxidation sites excluding steroid dienone is 6. The molecule has 0 aromatic rings. The Hall–Kier alpha value is -3.38. The summed E-state index contributed by atoms with van der Waals surface area (Å²) < 4.78 is 16.7. The number of hydrogen-bond donors (Lipinski definition) is 5. The van der Waals surface area contributed by atoms with E-state index in [1.165, 1.54) is 6.21 Å². The lowest BCUT2D eigenvalue weighted by atomic mass is 9.98. The molecule has 40 heavy (non-hydrogen) atoms. The van der Waals surface area contributed by atoms with E-state index in [-0.39, 0.29) is 18.1 Å². The lowest BCUT2D eigenvalue weighted by molar-refractivity contribution is -0.0229. The summed E-state index contributed by atoms with van der Waals surface area (Å²) in [7, 11) is 3.66. The molecule has 0 aliphatic carbocycles. The van der Waals surface area contributed by atoms with E-state index in [4.69, 9.17) is 31.1 Å². The Kier molecular flexibility index (Phi) is 12.5. The zero-order chi connectivity index (χ0) is 28.9. The van der Waals surface area contributed by atoms with Gasteiger partial charge >= 0.3 is 0 Å². The molecular formula is C29H46N8O3. The summed E-state index contributed by atoms with van der Waals surface area (Å²) in [5, 5.41) is 14.7. The maximum Gasteiger partial charge on any atom is 0.107 e. The number of nitrogens with one attached hydrogen (secondary N) is 3. The minimum Gasteiger partial charge on any atom is -0.404 e. The molecule has 0 amide bonds. The van der Waals surface area contributed by atoms with Crippen molar-refractivity contribution in [3.8, 4) is 0 Å². The number of fused-ring (bicyclic) bond motifs is 1. The van der Waals surface area contributed by atoms with E-state index in [0.29, 0.717) is 25.6 Å². The Bertz CT molecular complexity index is 1070. The average Bonchev–Trinajstić information content (AvgIpc) is 2.96. The van der Waals surface area contributed by atoms with Crippen LogP contribution in [0.2, 0.25) is 0 Å². The summed E-state index contributed by atoms with van der Waals surface area (Å²) in [6, 6.07) is -0.107. The monoisotopic (exact) mass is 554 g/mol. The molecule has 3 aliphatic heterocycles. The van der Waals surface area contributed by atoms with E-state index in [1.54, 1.807) is 19.5 Å². The Morgan fingerprint density at radius 3 is 2.73 bits per heavy atom. The largest absolute Gasteiger partial charge is 0.404 e. The number of nitrogens with zero attached hydrogens (tertiary/aromatic N) is 3. The number of likely N-dealkylation sites (N-methyl/N-ethyl adjacent to an activating group) is 1. The molecule has 0 radical (unpaired) electrons. The van der Waals surface area contributed by atoms with Crippen LogP contribution >= 0.6 is 0 Å². The Labute approximate surface area is 238 Å². The SMILES string of the molecule is COCCOC(CN/C=C(\C=N)C1=CC2C(=CC=C(N/C(N)=C/C(=C\N)C(C)C)N2C)N=C1)CN1CCOCC1. The van der Waals surface area contributed by atoms with Gasteiger partial charge in [0.05, 0.1) is 44.3 Å². The van der Waals surface area contributed by atoms with Gasteiger partial charge in [-0.05, 0) is 42.0 Å². The van der Waals surface area contributed by atoms with Crippen LogP contribution in [-0.4, -0.2) is 101 Å². The molecule has 2 atom stereocenters. The second kappa shape index (κ2) is 16.0. The third kappa shape index (κ3) is 9.09. The van der Waals surface area contributed by atoms with Gasteiger partial charge in [0.15, 0.2) is 0 Å². The smallest absolute Gasteiger partial charge is 0.107 e. The van der Waals surface area contributed by atoms with Crippen LogP contribution in [0.4, 0.5) is 0 Å². The fourth-order valence-electron chi connectivity index (χ4n) is 4.53. The molecule has 7 N–H and O–H groups in total. The van der Waals surface area contributed by atoms with Crippen molar-refractivity contribution in [3.05, 3.63) is 70.8 Å². The van der Waals surface area contributed by atoms with Gasteiger partial charge in [-0.3, -0.25) is 9.89 Å². The van der Waals surface area contributed by atoms with Crippen molar-refractivity contribution in [1.82, 2.24) is 20.4 Å². The van der Waals surface area contributed by atoms with Gasteiger partial charge in [0.2, 0.25) is 0 Å². The highest BCUT2D eigenvalue weighted by atomic mass is 16.5. The summed E-state index contributed by atoms with van der Waals surface area (Å²) in [5.74, 6) is 1.61. The lowest BCUT2D eigenvalue weighted by Gasteiger charge is -2.35. The number of nitrogens with two attached hydrogens (primary N) is 2. The van der Waals surface area contributed by atoms with E-state index in [9.17, 15) is 0 Å². The van der Waals surface area contributed by atoms with Gasteiger partial charge in [0.25, 0.3) is 0 Å². The average molecular weight is 555 g/mol. The minimum absolute atomic E-state index is 0.0212. The van der Waals surface area contributed by atoms with Crippen LogP contribution in [0, 0.1) is 11.3 Å². The summed E-state index contributed by atoms with van der Waals surface area (Å²) in [5.41, 5.74) is 15.5. The number of rotatable bonds is 15. The van der Waals surface area contributed by atoms with E-state index < -0.39 is 0 Å². The fraction of sp³-hybridized carbons (Fsp3) is 0.517. The number of morpholine rings is 1. The first-order valence-corrected chi connectivity index (χ1v) is 13.8. The molecule has 11 nitrogen and oxygen atoms in total. The van der Waals surface area contributed by atoms with Crippen LogP contribution in [0.1, 0.15) is 13.8 Å².